The molecule has 6 nitrogen and oxygen atoms in total. The first-order valence-corrected chi connectivity index (χ1v) is 14.8. The standard InChI is InChI=1S/C31H36N4O2S/c1-20-8-6-9-21(2)29(20)27-18-28-33-31(32-27)34-38-26-13-7-10-22(17-26)30(36)23-14-15-35(19-25(16-23)37-28)24-11-4-3-5-12-24/h6-10,13,17-18,23-25H,3-5,11-12,14-16,19H2,1-2H3,(H,32,33,34)/t23?,25-/m0/s1. The van der Waals surface area contributed by atoms with E-state index in [0.29, 0.717) is 24.3 Å². The highest BCUT2D eigenvalue weighted by molar-refractivity contribution is 8.00. The van der Waals surface area contributed by atoms with Crippen LogP contribution in [0.15, 0.2) is 53.4 Å². The molecule has 2 aromatic carbocycles. The smallest absolute Gasteiger partial charge is 0.237 e. The van der Waals surface area contributed by atoms with Crippen molar-refractivity contribution in [2.75, 3.05) is 17.8 Å². The minimum atomic E-state index is -0.112. The zero-order valence-electron chi connectivity index (χ0n) is 22.3. The Bertz CT molecular complexity index is 1300. The second-order valence-corrected chi connectivity index (χ2v) is 11.9. The first kappa shape index (κ1) is 25.4. The van der Waals surface area contributed by atoms with Gasteiger partial charge in [-0.05, 0) is 81.3 Å². The average molecular weight is 529 g/mol. The monoisotopic (exact) mass is 528 g/mol. The van der Waals surface area contributed by atoms with E-state index in [1.165, 1.54) is 55.2 Å². The van der Waals surface area contributed by atoms with Crippen molar-refractivity contribution >= 4 is 23.7 Å². The molecule has 198 valence electrons. The Labute approximate surface area is 229 Å². The molecule has 3 aliphatic rings. The molecule has 3 heterocycles. The Morgan fingerprint density at radius 3 is 2.58 bits per heavy atom. The van der Waals surface area contributed by atoms with Crippen molar-refractivity contribution in [2.24, 2.45) is 5.92 Å². The minimum Gasteiger partial charge on any atom is -0.473 e. The quantitative estimate of drug-likeness (QED) is 0.364. The van der Waals surface area contributed by atoms with Gasteiger partial charge in [0.2, 0.25) is 11.8 Å². The van der Waals surface area contributed by atoms with Crippen molar-refractivity contribution in [3.8, 4) is 17.1 Å². The molecule has 0 amide bonds. The first-order valence-electron chi connectivity index (χ1n) is 14.0. The van der Waals surface area contributed by atoms with Crippen LogP contribution in [0.2, 0.25) is 0 Å². The van der Waals surface area contributed by atoms with Crippen LogP contribution in [0, 0.1) is 19.8 Å². The Morgan fingerprint density at radius 1 is 0.974 bits per heavy atom. The molecule has 6 rings (SSSR count). The van der Waals surface area contributed by atoms with Crippen LogP contribution in [-0.2, 0) is 0 Å². The van der Waals surface area contributed by atoms with Crippen LogP contribution in [0.25, 0.3) is 11.3 Å². The summed E-state index contributed by atoms with van der Waals surface area (Å²) >= 11 is 1.42. The lowest BCUT2D eigenvalue weighted by molar-refractivity contribution is 0.0833. The molecule has 6 bridgehead atoms. The number of hydrogen-bond donors (Lipinski definition) is 1. The average Bonchev–Trinajstić information content (AvgIpc) is 3.14. The summed E-state index contributed by atoms with van der Waals surface area (Å²) in [5, 5.41) is 0. The number of benzene rings is 2. The summed E-state index contributed by atoms with van der Waals surface area (Å²) < 4.78 is 10.0. The molecule has 1 saturated carbocycles. The summed E-state index contributed by atoms with van der Waals surface area (Å²) in [6.45, 7) is 6.00. The Balaban J connectivity index is 1.41. The number of hydrogen-bond acceptors (Lipinski definition) is 7. The van der Waals surface area contributed by atoms with Gasteiger partial charge in [0.1, 0.15) is 6.10 Å². The third-order valence-electron chi connectivity index (χ3n) is 8.32. The third-order valence-corrected chi connectivity index (χ3v) is 9.09. The van der Waals surface area contributed by atoms with Gasteiger partial charge in [-0.3, -0.25) is 14.4 Å². The van der Waals surface area contributed by atoms with Crippen molar-refractivity contribution in [1.29, 1.82) is 0 Å². The van der Waals surface area contributed by atoms with E-state index >= 15 is 0 Å². The van der Waals surface area contributed by atoms with Gasteiger partial charge in [-0.15, -0.1) is 0 Å². The summed E-state index contributed by atoms with van der Waals surface area (Å²) in [6, 6.07) is 16.8. The van der Waals surface area contributed by atoms with Gasteiger partial charge in [0.05, 0.1) is 5.69 Å². The number of rotatable bonds is 2. The normalized spacial score (nSPS) is 22.7. The Hall–Kier alpha value is -2.90. The molecule has 1 aromatic heterocycles. The van der Waals surface area contributed by atoms with Gasteiger partial charge in [-0.1, -0.05) is 49.6 Å². The molecule has 1 N–H and O–H groups in total. The van der Waals surface area contributed by atoms with E-state index in [1.807, 2.05) is 30.3 Å². The highest BCUT2D eigenvalue weighted by Crippen LogP contribution is 2.34. The molecular formula is C31H36N4O2S. The number of aromatic nitrogens is 2. The molecule has 1 saturated heterocycles. The zero-order chi connectivity index (χ0) is 26.1. The Morgan fingerprint density at radius 2 is 1.76 bits per heavy atom. The van der Waals surface area contributed by atoms with E-state index in [1.54, 1.807) is 0 Å². The molecule has 2 aliphatic heterocycles. The summed E-state index contributed by atoms with van der Waals surface area (Å²) in [5.74, 6) is 1.23. The predicted octanol–water partition coefficient (Wildman–Crippen LogP) is 6.87. The maximum absolute atomic E-state index is 13.7. The van der Waals surface area contributed by atoms with Crippen LogP contribution in [0.5, 0.6) is 5.88 Å². The number of ketones is 1. The molecule has 0 radical (unpaired) electrons. The van der Waals surface area contributed by atoms with Gasteiger partial charge < -0.3 is 4.74 Å². The number of aryl methyl sites for hydroxylation is 2. The van der Waals surface area contributed by atoms with Crippen molar-refractivity contribution < 1.29 is 9.53 Å². The number of anilines is 1. The summed E-state index contributed by atoms with van der Waals surface area (Å²) in [5.41, 5.74) is 5.07. The van der Waals surface area contributed by atoms with Crippen LogP contribution >= 0.6 is 11.9 Å². The molecule has 2 atom stereocenters. The lowest BCUT2D eigenvalue weighted by atomic mass is 9.90. The third kappa shape index (κ3) is 5.45. The first-order chi connectivity index (χ1) is 18.5. The van der Waals surface area contributed by atoms with E-state index in [2.05, 4.69) is 41.7 Å². The SMILES string of the molecule is Cc1cccc(C)c1-c1cc2nc(n1)NSc1cccc(c1)C(=O)C1CCN(C3CCCCC3)C[C@H](C1)O2. The van der Waals surface area contributed by atoms with Crippen LogP contribution in [0.4, 0.5) is 5.95 Å². The fourth-order valence-electron chi connectivity index (χ4n) is 6.39. The van der Waals surface area contributed by atoms with Gasteiger partial charge in [0.15, 0.2) is 5.78 Å². The zero-order valence-corrected chi connectivity index (χ0v) is 23.1. The highest BCUT2D eigenvalue weighted by Gasteiger charge is 2.34. The summed E-state index contributed by atoms with van der Waals surface area (Å²) in [7, 11) is 0. The van der Waals surface area contributed by atoms with Gasteiger partial charge in [-0.2, -0.15) is 4.98 Å². The molecular weight excluding hydrogens is 492 g/mol. The lowest BCUT2D eigenvalue weighted by Gasteiger charge is -2.35. The highest BCUT2D eigenvalue weighted by atomic mass is 32.2. The molecule has 1 unspecified atom stereocenters. The van der Waals surface area contributed by atoms with Crippen molar-refractivity contribution in [1.82, 2.24) is 14.9 Å². The largest absolute Gasteiger partial charge is 0.473 e. The van der Waals surface area contributed by atoms with Crippen LogP contribution < -0.4 is 9.46 Å². The second-order valence-electron chi connectivity index (χ2n) is 11.0. The van der Waals surface area contributed by atoms with Gasteiger partial charge >= 0.3 is 0 Å². The number of ether oxygens (including phenoxy) is 1. The van der Waals surface area contributed by atoms with Crippen LogP contribution in [0.3, 0.4) is 0 Å². The van der Waals surface area contributed by atoms with Gasteiger partial charge in [0.25, 0.3) is 0 Å². The molecule has 38 heavy (non-hydrogen) atoms. The number of likely N-dealkylation sites (tertiary alicyclic amines) is 1. The number of nitrogens with one attached hydrogen (secondary N) is 1. The maximum atomic E-state index is 13.7. The summed E-state index contributed by atoms with van der Waals surface area (Å²) in [4.78, 5) is 27.0. The Kier molecular flexibility index (Phi) is 7.39. The fourth-order valence-corrected chi connectivity index (χ4v) is 7.02. The maximum Gasteiger partial charge on any atom is 0.237 e. The molecule has 0 spiro atoms. The predicted molar refractivity (Wildman–Crippen MR) is 153 cm³/mol. The fraction of sp³-hybridized carbons (Fsp3) is 0.452. The topological polar surface area (TPSA) is 67.4 Å². The van der Waals surface area contributed by atoms with E-state index in [0.717, 1.165) is 41.2 Å². The van der Waals surface area contributed by atoms with Crippen molar-refractivity contribution in [2.45, 2.75) is 75.8 Å². The number of fused-ring (bicyclic) bond motifs is 6. The number of carbonyl (C=O) groups is 1. The minimum absolute atomic E-state index is 0.0676. The summed E-state index contributed by atoms with van der Waals surface area (Å²) in [6.07, 6.45) is 7.85. The van der Waals surface area contributed by atoms with E-state index < -0.39 is 0 Å². The van der Waals surface area contributed by atoms with Crippen LogP contribution in [0.1, 0.15) is 66.4 Å². The van der Waals surface area contributed by atoms with E-state index in [-0.39, 0.29) is 17.8 Å². The van der Waals surface area contributed by atoms with Crippen molar-refractivity contribution in [3.63, 3.8) is 0 Å². The molecule has 7 heteroatoms. The lowest BCUT2D eigenvalue weighted by Crippen LogP contribution is -2.42. The van der Waals surface area contributed by atoms with Crippen molar-refractivity contribution in [3.05, 3.63) is 65.2 Å². The van der Waals surface area contributed by atoms with Gasteiger partial charge in [-0.25, -0.2) is 4.98 Å². The van der Waals surface area contributed by atoms with Crippen LogP contribution in [-0.4, -0.2) is 45.9 Å². The molecule has 3 aromatic rings. The molecule has 1 aliphatic carbocycles. The number of nitrogens with zero attached hydrogens (tertiary/aromatic N) is 3. The number of carbonyl (C=O) groups excluding carboxylic acids is 1. The van der Waals surface area contributed by atoms with Gasteiger partial charge in [0, 0.05) is 40.6 Å². The number of Topliss-reactive ketones (excluding diaryl/α,β-unsaturated/α-hetero) is 1. The van der Waals surface area contributed by atoms with E-state index in [9.17, 15) is 4.79 Å². The molecule has 2 fully saturated rings. The van der Waals surface area contributed by atoms with E-state index in [4.69, 9.17) is 14.7 Å². The second kappa shape index (κ2) is 11.1.